The number of hydrogen-bond donors (Lipinski definition) is 1. The number of carbonyl (C=O) groups excluding carboxylic acids is 1. The Morgan fingerprint density at radius 1 is 1.47 bits per heavy atom. The normalized spacial score (nSPS) is 26.9. The zero-order chi connectivity index (χ0) is 12.8. The number of nitrogens with zero attached hydrogens (tertiary/aromatic N) is 1. The van der Waals surface area contributed by atoms with Gasteiger partial charge in [0.2, 0.25) is 5.91 Å². The lowest BCUT2D eigenvalue weighted by atomic mass is 10.1. The van der Waals surface area contributed by atoms with Gasteiger partial charge in [0.15, 0.2) is 0 Å². The van der Waals surface area contributed by atoms with Gasteiger partial charge < -0.3 is 20.1 Å². The van der Waals surface area contributed by atoms with E-state index in [0.29, 0.717) is 26.1 Å². The SMILES string of the molecule is COCCCC(N)C(=O)N1C[C@@H](C)O[C@@H](C)C1. The van der Waals surface area contributed by atoms with Crippen molar-refractivity contribution in [1.29, 1.82) is 0 Å². The number of rotatable bonds is 5. The average molecular weight is 244 g/mol. The molecule has 2 N–H and O–H groups in total. The van der Waals surface area contributed by atoms with Crippen molar-refractivity contribution in [3.8, 4) is 0 Å². The van der Waals surface area contributed by atoms with Crippen molar-refractivity contribution in [1.82, 2.24) is 4.90 Å². The molecular formula is C12H24N2O3. The van der Waals surface area contributed by atoms with Gasteiger partial charge in [0.1, 0.15) is 0 Å². The fourth-order valence-electron chi connectivity index (χ4n) is 2.16. The standard InChI is InChI=1S/C12H24N2O3/c1-9-7-14(8-10(2)17-9)12(15)11(13)5-4-6-16-3/h9-11H,4-8,13H2,1-3H3/t9-,10+,11?. The molecule has 1 aliphatic heterocycles. The van der Waals surface area contributed by atoms with Crippen LogP contribution in [0.3, 0.4) is 0 Å². The first-order valence-corrected chi connectivity index (χ1v) is 6.23. The highest BCUT2D eigenvalue weighted by Crippen LogP contribution is 2.12. The third-order valence-corrected chi connectivity index (χ3v) is 2.91. The van der Waals surface area contributed by atoms with E-state index in [4.69, 9.17) is 15.2 Å². The Kier molecular flexibility index (Phi) is 5.88. The summed E-state index contributed by atoms with van der Waals surface area (Å²) in [5.41, 5.74) is 5.89. The van der Waals surface area contributed by atoms with Crippen molar-refractivity contribution < 1.29 is 14.3 Å². The minimum absolute atomic E-state index is 0.0307. The average Bonchev–Trinajstić information content (AvgIpc) is 2.27. The predicted molar refractivity (Wildman–Crippen MR) is 65.7 cm³/mol. The van der Waals surface area contributed by atoms with Crippen LogP contribution in [0.4, 0.5) is 0 Å². The molecule has 1 saturated heterocycles. The first-order valence-electron chi connectivity index (χ1n) is 6.23. The van der Waals surface area contributed by atoms with Crippen molar-refractivity contribution in [2.24, 2.45) is 5.73 Å². The molecule has 0 bridgehead atoms. The van der Waals surface area contributed by atoms with Gasteiger partial charge in [-0.15, -0.1) is 0 Å². The Morgan fingerprint density at radius 2 is 2.06 bits per heavy atom. The lowest BCUT2D eigenvalue weighted by molar-refractivity contribution is -0.144. The Morgan fingerprint density at radius 3 is 2.59 bits per heavy atom. The van der Waals surface area contributed by atoms with Crippen molar-refractivity contribution >= 4 is 5.91 Å². The molecular weight excluding hydrogens is 220 g/mol. The van der Waals surface area contributed by atoms with Crippen LogP contribution in [-0.4, -0.2) is 55.9 Å². The number of ether oxygens (including phenoxy) is 2. The van der Waals surface area contributed by atoms with Gasteiger partial charge in [-0.3, -0.25) is 4.79 Å². The third kappa shape index (κ3) is 4.61. The largest absolute Gasteiger partial charge is 0.385 e. The molecule has 5 heteroatoms. The lowest BCUT2D eigenvalue weighted by Crippen LogP contribution is -2.53. The van der Waals surface area contributed by atoms with Gasteiger partial charge >= 0.3 is 0 Å². The van der Waals surface area contributed by atoms with Gasteiger partial charge in [-0.25, -0.2) is 0 Å². The summed E-state index contributed by atoms with van der Waals surface area (Å²) in [4.78, 5) is 13.9. The number of amides is 1. The zero-order valence-electron chi connectivity index (χ0n) is 11.0. The van der Waals surface area contributed by atoms with Crippen LogP contribution in [0.1, 0.15) is 26.7 Å². The molecule has 0 aromatic rings. The maximum atomic E-state index is 12.1. The summed E-state index contributed by atoms with van der Waals surface area (Å²) in [5, 5.41) is 0. The number of carbonyl (C=O) groups is 1. The molecule has 0 aliphatic carbocycles. The second kappa shape index (κ2) is 6.93. The quantitative estimate of drug-likeness (QED) is 0.710. The Balaban J connectivity index is 2.39. The molecule has 1 unspecified atom stereocenters. The molecule has 1 heterocycles. The smallest absolute Gasteiger partial charge is 0.239 e. The summed E-state index contributed by atoms with van der Waals surface area (Å²) in [6.45, 7) is 5.89. The Bertz CT molecular complexity index is 238. The van der Waals surface area contributed by atoms with Gasteiger partial charge in [0.05, 0.1) is 18.2 Å². The van der Waals surface area contributed by atoms with E-state index in [1.54, 1.807) is 7.11 Å². The number of hydrogen-bond acceptors (Lipinski definition) is 4. The van der Waals surface area contributed by atoms with E-state index in [1.165, 1.54) is 0 Å². The first kappa shape index (κ1) is 14.4. The Hall–Kier alpha value is -0.650. The molecule has 1 rings (SSSR count). The highest BCUT2D eigenvalue weighted by Gasteiger charge is 2.28. The van der Waals surface area contributed by atoms with Gasteiger partial charge in [-0.2, -0.15) is 0 Å². The predicted octanol–water partition coefficient (Wildman–Crippen LogP) is 0.376. The molecule has 1 aliphatic rings. The summed E-state index contributed by atoms with van der Waals surface area (Å²) < 4.78 is 10.5. The molecule has 0 spiro atoms. The molecule has 100 valence electrons. The fraction of sp³-hybridized carbons (Fsp3) is 0.917. The molecule has 0 aromatic carbocycles. The molecule has 0 aromatic heterocycles. The van der Waals surface area contributed by atoms with Crippen molar-refractivity contribution in [2.75, 3.05) is 26.8 Å². The van der Waals surface area contributed by atoms with Crippen LogP contribution in [-0.2, 0) is 14.3 Å². The van der Waals surface area contributed by atoms with Crippen LogP contribution in [0.25, 0.3) is 0 Å². The van der Waals surface area contributed by atoms with Gasteiger partial charge in [-0.1, -0.05) is 0 Å². The molecule has 3 atom stereocenters. The summed E-state index contributed by atoms with van der Waals surface area (Å²) in [7, 11) is 1.65. The fourth-order valence-corrected chi connectivity index (χ4v) is 2.16. The van der Waals surface area contributed by atoms with Crippen molar-refractivity contribution in [3.05, 3.63) is 0 Å². The minimum Gasteiger partial charge on any atom is -0.385 e. The van der Waals surface area contributed by atoms with Crippen LogP contribution in [0.5, 0.6) is 0 Å². The molecule has 1 fully saturated rings. The zero-order valence-corrected chi connectivity index (χ0v) is 11.0. The lowest BCUT2D eigenvalue weighted by Gasteiger charge is -2.36. The monoisotopic (exact) mass is 244 g/mol. The van der Waals surface area contributed by atoms with E-state index in [0.717, 1.165) is 6.42 Å². The number of morpholine rings is 1. The summed E-state index contributed by atoms with van der Waals surface area (Å²) in [5.74, 6) is 0.0307. The topological polar surface area (TPSA) is 64.8 Å². The van der Waals surface area contributed by atoms with E-state index < -0.39 is 6.04 Å². The summed E-state index contributed by atoms with van der Waals surface area (Å²) >= 11 is 0. The number of nitrogens with two attached hydrogens (primary N) is 1. The third-order valence-electron chi connectivity index (χ3n) is 2.91. The number of methoxy groups -OCH3 is 1. The van der Waals surface area contributed by atoms with Crippen LogP contribution < -0.4 is 5.73 Å². The highest BCUT2D eigenvalue weighted by molar-refractivity contribution is 5.81. The molecule has 0 saturated carbocycles. The van der Waals surface area contributed by atoms with Crippen molar-refractivity contribution in [3.63, 3.8) is 0 Å². The second-order valence-electron chi connectivity index (χ2n) is 4.74. The highest BCUT2D eigenvalue weighted by atomic mass is 16.5. The molecule has 17 heavy (non-hydrogen) atoms. The Labute approximate surface area is 103 Å². The van der Waals surface area contributed by atoms with E-state index in [9.17, 15) is 4.79 Å². The maximum Gasteiger partial charge on any atom is 0.239 e. The molecule has 1 amide bonds. The minimum atomic E-state index is -0.414. The van der Waals surface area contributed by atoms with E-state index in [-0.39, 0.29) is 18.1 Å². The van der Waals surface area contributed by atoms with Crippen LogP contribution >= 0.6 is 0 Å². The first-order chi connectivity index (χ1) is 8.04. The summed E-state index contributed by atoms with van der Waals surface area (Å²) in [6, 6.07) is -0.414. The molecule has 5 nitrogen and oxygen atoms in total. The maximum absolute atomic E-state index is 12.1. The van der Waals surface area contributed by atoms with Gasteiger partial charge in [0.25, 0.3) is 0 Å². The van der Waals surface area contributed by atoms with E-state index in [2.05, 4.69) is 0 Å². The van der Waals surface area contributed by atoms with Crippen LogP contribution in [0, 0.1) is 0 Å². The van der Waals surface area contributed by atoms with Crippen LogP contribution in [0.15, 0.2) is 0 Å². The summed E-state index contributed by atoms with van der Waals surface area (Å²) in [6.07, 6.45) is 1.67. The molecule has 0 radical (unpaired) electrons. The van der Waals surface area contributed by atoms with Gasteiger partial charge in [-0.05, 0) is 26.7 Å². The van der Waals surface area contributed by atoms with Crippen LogP contribution in [0.2, 0.25) is 0 Å². The second-order valence-corrected chi connectivity index (χ2v) is 4.74. The van der Waals surface area contributed by atoms with E-state index >= 15 is 0 Å². The van der Waals surface area contributed by atoms with Crippen molar-refractivity contribution in [2.45, 2.75) is 44.9 Å². The van der Waals surface area contributed by atoms with Gasteiger partial charge in [0, 0.05) is 26.8 Å². The van der Waals surface area contributed by atoms with E-state index in [1.807, 2.05) is 18.7 Å².